The topological polar surface area (TPSA) is 21.3 Å². The number of rotatable bonds is 9. The van der Waals surface area contributed by atoms with Crippen LogP contribution in [0.4, 0.5) is 0 Å². The lowest BCUT2D eigenvalue weighted by atomic mass is 10.0. The van der Waals surface area contributed by atoms with Crippen LogP contribution in [-0.2, 0) is 4.84 Å². The molecule has 1 atom stereocenters. The Balaban J connectivity index is 2.47. The Morgan fingerprint density at radius 3 is 2.44 bits per heavy atom. The molecule has 0 radical (unpaired) electrons. The summed E-state index contributed by atoms with van der Waals surface area (Å²) in [4.78, 5) is 5.59. The first-order chi connectivity index (χ1) is 8.74. The minimum Gasteiger partial charge on any atom is -0.301 e. The molecule has 1 aromatic rings. The van der Waals surface area contributed by atoms with Gasteiger partial charge in [-0.05, 0) is 17.9 Å². The molecule has 0 amide bonds. The Morgan fingerprint density at radius 2 is 1.83 bits per heavy atom. The molecule has 0 bridgehead atoms. The van der Waals surface area contributed by atoms with Crippen LogP contribution in [0.25, 0.3) is 0 Å². The van der Waals surface area contributed by atoms with Gasteiger partial charge in [-0.3, -0.25) is 0 Å². The van der Waals surface area contributed by atoms with Gasteiger partial charge >= 0.3 is 0 Å². The van der Waals surface area contributed by atoms with Crippen molar-refractivity contribution in [2.45, 2.75) is 52.5 Å². The molecule has 0 spiro atoms. The van der Waals surface area contributed by atoms with E-state index in [2.05, 4.69) is 56.6 Å². The highest BCUT2D eigenvalue weighted by Gasteiger charge is 2.10. The summed E-state index contributed by atoms with van der Waals surface area (Å²) >= 11 is 0. The summed E-state index contributed by atoms with van der Waals surface area (Å²) in [5, 5.41) is 0. The van der Waals surface area contributed by atoms with Gasteiger partial charge < -0.3 is 4.84 Å². The number of unbranched alkanes of at least 4 members (excludes halogenated alkanes) is 2. The van der Waals surface area contributed by atoms with Gasteiger partial charge in [0.25, 0.3) is 0 Å². The molecule has 0 fully saturated rings. The predicted octanol–water partition coefficient (Wildman–Crippen LogP) is 4.49. The summed E-state index contributed by atoms with van der Waals surface area (Å²) in [5.41, 5.74) is 4.54. The third kappa shape index (κ3) is 6.18. The van der Waals surface area contributed by atoms with Crippen LogP contribution in [0, 0.1) is 5.92 Å². The van der Waals surface area contributed by atoms with E-state index in [9.17, 15) is 0 Å². The Morgan fingerprint density at radius 1 is 1.11 bits per heavy atom. The van der Waals surface area contributed by atoms with Gasteiger partial charge in [0, 0.05) is 0 Å². The van der Waals surface area contributed by atoms with Crippen LogP contribution in [0.2, 0.25) is 0 Å². The van der Waals surface area contributed by atoms with Gasteiger partial charge in [-0.1, -0.05) is 70.4 Å². The van der Waals surface area contributed by atoms with Crippen LogP contribution in [0.1, 0.15) is 58.1 Å². The van der Waals surface area contributed by atoms with Crippen molar-refractivity contribution < 1.29 is 4.84 Å². The van der Waals surface area contributed by atoms with Gasteiger partial charge in [0.15, 0.2) is 0 Å². The Hall–Kier alpha value is -0.860. The van der Waals surface area contributed by atoms with E-state index in [0.717, 1.165) is 13.0 Å². The van der Waals surface area contributed by atoms with E-state index in [4.69, 9.17) is 4.84 Å². The third-order valence-electron chi connectivity index (χ3n) is 2.94. The van der Waals surface area contributed by atoms with E-state index >= 15 is 0 Å². The molecule has 0 saturated heterocycles. The highest BCUT2D eigenvalue weighted by atomic mass is 16.6. The number of hydroxylamine groups is 1. The van der Waals surface area contributed by atoms with Gasteiger partial charge in [0.2, 0.25) is 0 Å². The summed E-state index contributed by atoms with van der Waals surface area (Å²) in [5.74, 6) is 0.560. The van der Waals surface area contributed by atoms with Gasteiger partial charge in [0.05, 0.1) is 12.6 Å². The number of hydrogen-bond donors (Lipinski definition) is 1. The highest BCUT2D eigenvalue weighted by Crippen LogP contribution is 2.19. The first kappa shape index (κ1) is 15.2. The van der Waals surface area contributed by atoms with Crippen molar-refractivity contribution in [3.63, 3.8) is 0 Å². The van der Waals surface area contributed by atoms with Crippen LogP contribution in [0.5, 0.6) is 0 Å². The van der Waals surface area contributed by atoms with E-state index in [1.165, 1.54) is 24.8 Å². The molecule has 0 aliphatic rings. The summed E-state index contributed by atoms with van der Waals surface area (Å²) in [6, 6.07) is 10.9. The van der Waals surface area contributed by atoms with Crippen molar-refractivity contribution in [1.82, 2.24) is 5.48 Å². The molecule has 1 unspecified atom stereocenters. The van der Waals surface area contributed by atoms with E-state index in [-0.39, 0.29) is 0 Å². The average molecular weight is 249 g/mol. The molecule has 1 N–H and O–H groups in total. The number of benzene rings is 1. The lowest BCUT2D eigenvalue weighted by molar-refractivity contribution is -0.00208. The molecule has 2 nitrogen and oxygen atoms in total. The lowest BCUT2D eigenvalue weighted by Crippen LogP contribution is -2.23. The molecule has 1 aromatic carbocycles. The highest BCUT2D eigenvalue weighted by molar-refractivity contribution is 5.18. The van der Waals surface area contributed by atoms with E-state index in [1.54, 1.807) is 0 Å². The summed E-state index contributed by atoms with van der Waals surface area (Å²) in [7, 11) is 0. The van der Waals surface area contributed by atoms with Gasteiger partial charge in [0.1, 0.15) is 0 Å². The third-order valence-corrected chi connectivity index (χ3v) is 2.94. The smallest absolute Gasteiger partial charge is 0.0705 e. The first-order valence-corrected chi connectivity index (χ1v) is 7.16. The molecule has 18 heavy (non-hydrogen) atoms. The van der Waals surface area contributed by atoms with Crippen molar-refractivity contribution in [1.29, 1.82) is 0 Å². The minimum atomic E-state index is 0.316. The van der Waals surface area contributed by atoms with E-state index < -0.39 is 0 Å². The summed E-state index contributed by atoms with van der Waals surface area (Å²) < 4.78 is 0. The van der Waals surface area contributed by atoms with Crippen LogP contribution in [-0.4, -0.2) is 6.61 Å². The molecule has 1 rings (SSSR count). The Bertz CT molecular complexity index is 297. The number of hydrogen-bond acceptors (Lipinski definition) is 2. The van der Waals surface area contributed by atoms with E-state index in [0.29, 0.717) is 12.0 Å². The zero-order valence-electron chi connectivity index (χ0n) is 12.0. The maximum atomic E-state index is 5.59. The fourth-order valence-electron chi connectivity index (χ4n) is 1.89. The average Bonchev–Trinajstić information content (AvgIpc) is 2.38. The molecule has 0 aromatic heterocycles. The molecular weight excluding hydrogens is 222 g/mol. The predicted molar refractivity (Wildman–Crippen MR) is 77.3 cm³/mol. The standard InChI is InChI=1S/C16H27NO/c1-4-5-7-12-16(17-18-13-14(2)3)15-10-8-6-9-11-15/h6,8-11,14,16-17H,4-5,7,12-13H2,1-3H3. The summed E-state index contributed by atoms with van der Waals surface area (Å²) in [6.07, 6.45) is 4.92. The fraction of sp³-hybridized carbons (Fsp3) is 0.625. The lowest BCUT2D eigenvalue weighted by Gasteiger charge is -2.19. The van der Waals surface area contributed by atoms with Crippen molar-refractivity contribution in [2.24, 2.45) is 5.92 Å². The molecule has 0 saturated carbocycles. The minimum absolute atomic E-state index is 0.316. The quantitative estimate of drug-likeness (QED) is 0.514. The van der Waals surface area contributed by atoms with Crippen LogP contribution < -0.4 is 5.48 Å². The second kappa shape index (κ2) is 9.12. The van der Waals surface area contributed by atoms with Crippen LogP contribution >= 0.6 is 0 Å². The van der Waals surface area contributed by atoms with Crippen LogP contribution in [0.3, 0.4) is 0 Å². The molecule has 2 heteroatoms. The van der Waals surface area contributed by atoms with Crippen molar-refractivity contribution >= 4 is 0 Å². The van der Waals surface area contributed by atoms with Crippen LogP contribution in [0.15, 0.2) is 30.3 Å². The van der Waals surface area contributed by atoms with Crippen molar-refractivity contribution in [3.8, 4) is 0 Å². The summed E-state index contributed by atoms with van der Waals surface area (Å²) in [6.45, 7) is 7.32. The molecule has 0 heterocycles. The Labute approximate surface area is 112 Å². The maximum absolute atomic E-state index is 5.59. The zero-order valence-corrected chi connectivity index (χ0v) is 12.0. The fourth-order valence-corrected chi connectivity index (χ4v) is 1.89. The normalized spacial score (nSPS) is 12.9. The largest absolute Gasteiger partial charge is 0.301 e. The molecule has 102 valence electrons. The van der Waals surface area contributed by atoms with E-state index in [1.807, 2.05) is 0 Å². The zero-order chi connectivity index (χ0) is 13.2. The van der Waals surface area contributed by atoms with Crippen molar-refractivity contribution in [3.05, 3.63) is 35.9 Å². The number of nitrogens with one attached hydrogen (secondary N) is 1. The van der Waals surface area contributed by atoms with Gasteiger partial charge in [-0.25, -0.2) is 0 Å². The SMILES string of the molecule is CCCCCC(NOCC(C)C)c1ccccc1. The Kier molecular flexibility index (Phi) is 7.70. The maximum Gasteiger partial charge on any atom is 0.0705 e. The first-order valence-electron chi connectivity index (χ1n) is 7.16. The monoisotopic (exact) mass is 249 g/mol. The molecule has 0 aliphatic heterocycles. The second-order valence-electron chi connectivity index (χ2n) is 5.28. The van der Waals surface area contributed by atoms with Gasteiger partial charge in [-0.15, -0.1) is 0 Å². The molecular formula is C16H27NO. The second-order valence-corrected chi connectivity index (χ2v) is 5.28. The van der Waals surface area contributed by atoms with Gasteiger partial charge in [-0.2, -0.15) is 5.48 Å². The molecule has 0 aliphatic carbocycles. The van der Waals surface area contributed by atoms with Crippen molar-refractivity contribution in [2.75, 3.05) is 6.61 Å².